The molecular weight excluding hydrogens is 222 g/mol. The average Bonchev–Trinajstić information content (AvgIpc) is 2.30. The van der Waals surface area contributed by atoms with Crippen LogP contribution in [0.1, 0.15) is 26.7 Å². The third-order valence-corrected chi connectivity index (χ3v) is 5.37. The van der Waals surface area contributed by atoms with E-state index >= 15 is 0 Å². The monoisotopic (exact) mass is 243 g/mol. The molecule has 0 amide bonds. The summed E-state index contributed by atoms with van der Waals surface area (Å²) in [5.74, 6) is 10.1. The third kappa shape index (κ3) is 5.19. The first-order valence-electron chi connectivity index (χ1n) is 5.70. The van der Waals surface area contributed by atoms with Crippen molar-refractivity contribution < 1.29 is 0 Å². The van der Waals surface area contributed by atoms with Gasteiger partial charge in [0.15, 0.2) is 0 Å². The first-order valence-corrected chi connectivity index (χ1v) is 7.91. The molecular formula is C12H21NS2. The van der Waals surface area contributed by atoms with E-state index < -0.39 is 0 Å². The molecule has 1 fully saturated rings. The number of hydrogen-bond donors (Lipinski definition) is 1. The molecule has 1 heterocycles. The molecule has 1 aliphatic rings. The van der Waals surface area contributed by atoms with Gasteiger partial charge in [-0.1, -0.05) is 6.92 Å². The first-order chi connectivity index (χ1) is 7.38. The molecule has 0 bridgehead atoms. The van der Waals surface area contributed by atoms with Crippen LogP contribution >= 0.6 is 23.5 Å². The second kappa shape index (κ2) is 8.38. The van der Waals surface area contributed by atoms with Gasteiger partial charge in [-0.25, -0.2) is 0 Å². The number of rotatable bonds is 5. The molecule has 1 aliphatic heterocycles. The smallest absolute Gasteiger partial charge is 0.0303 e. The lowest BCUT2D eigenvalue weighted by Crippen LogP contribution is -2.41. The summed E-state index contributed by atoms with van der Waals surface area (Å²) in [6.07, 6.45) is 2.22. The van der Waals surface area contributed by atoms with Crippen molar-refractivity contribution in [2.45, 2.75) is 38.0 Å². The highest BCUT2D eigenvalue weighted by Crippen LogP contribution is 2.27. The summed E-state index contributed by atoms with van der Waals surface area (Å²) in [4.78, 5) is 0. The fourth-order valence-electron chi connectivity index (χ4n) is 1.62. The Balaban J connectivity index is 2.39. The van der Waals surface area contributed by atoms with E-state index in [0.29, 0.717) is 6.04 Å². The van der Waals surface area contributed by atoms with Crippen molar-refractivity contribution in [2.24, 2.45) is 0 Å². The van der Waals surface area contributed by atoms with Gasteiger partial charge in [0.25, 0.3) is 0 Å². The van der Waals surface area contributed by atoms with Crippen molar-refractivity contribution in [1.29, 1.82) is 0 Å². The number of thioether (sulfide) groups is 2. The maximum absolute atomic E-state index is 3.64. The van der Waals surface area contributed by atoms with E-state index in [1.165, 1.54) is 23.7 Å². The van der Waals surface area contributed by atoms with Crippen LogP contribution in [0.15, 0.2) is 0 Å². The Morgan fingerprint density at radius 1 is 1.47 bits per heavy atom. The summed E-state index contributed by atoms with van der Waals surface area (Å²) < 4.78 is 0. The highest BCUT2D eigenvalue weighted by atomic mass is 32.2. The fraction of sp³-hybridized carbons (Fsp3) is 0.833. The van der Waals surface area contributed by atoms with E-state index in [0.717, 1.165) is 18.2 Å². The molecule has 1 saturated heterocycles. The fourth-order valence-corrected chi connectivity index (χ4v) is 4.50. The summed E-state index contributed by atoms with van der Waals surface area (Å²) in [5.41, 5.74) is 0. The lowest BCUT2D eigenvalue weighted by molar-refractivity contribution is 0.518. The van der Waals surface area contributed by atoms with Crippen molar-refractivity contribution >= 4 is 23.5 Å². The summed E-state index contributed by atoms with van der Waals surface area (Å²) in [5, 5.41) is 4.40. The molecule has 1 rings (SSSR count). The van der Waals surface area contributed by atoms with Crippen LogP contribution < -0.4 is 5.32 Å². The van der Waals surface area contributed by atoms with E-state index in [-0.39, 0.29) is 0 Å². The van der Waals surface area contributed by atoms with E-state index in [4.69, 9.17) is 0 Å². The van der Waals surface area contributed by atoms with Crippen LogP contribution in [0.3, 0.4) is 0 Å². The zero-order valence-corrected chi connectivity index (χ0v) is 11.3. The highest BCUT2D eigenvalue weighted by Gasteiger charge is 2.23. The normalized spacial score (nSPS) is 22.9. The molecule has 2 atom stereocenters. The Kier molecular flexibility index (Phi) is 7.42. The van der Waals surface area contributed by atoms with Crippen LogP contribution in [0.25, 0.3) is 0 Å². The molecule has 1 nitrogen and oxygen atoms in total. The van der Waals surface area contributed by atoms with Gasteiger partial charge < -0.3 is 5.32 Å². The molecule has 3 heteroatoms. The van der Waals surface area contributed by atoms with Gasteiger partial charge in [-0.15, -0.1) is 11.8 Å². The SMILES string of the molecule is CC#CCC(NCCC)C1CSCCS1. The van der Waals surface area contributed by atoms with Gasteiger partial charge in [0.2, 0.25) is 0 Å². The van der Waals surface area contributed by atoms with Crippen LogP contribution in [0.5, 0.6) is 0 Å². The molecule has 15 heavy (non-hydrogen) atoms. The molecule has 0 aromatic rings. The van der Waals surface area contributed by atoms with E-state index in [2.05, 4.69) is 47.6 Å². The zero-order chi connectivity index (χ0) is 10.9. The summed E-state index contributed by atoms with van der Waals surface area (Å²) in [6.45, 7) is 5.27. The van der Waals surface area contributed by atoms with Crippen molar-refractivity contribution in [3.05, 3.63) is 0 Å². The second-order valence-electron chi connectivity index (χ2n) is 3.68. The van der Waals surface area contributed by atoms with Crippen LogP contribution in [-0.2, 0) is 0 Å². The minimum atomic E-state index is 0.593. The minimum Gasteiger partial charge on any atom is -0.312 e. The molecule has 0 aromatic heterocycles. The lowest BCUT2D eigenvalue weighted by Gasteiger charge is -2.29. The van der Waals surface area contributed by atoms with Crippen molar-refractivity contribution in [3.63, 3.8) is 0 Å². The van der Waals surface area contributed by atoms with Gasteiger partial charge in [0, 0.05) is 35.0 Å². The standard InChI is InChI=1S/C12H21NS2/c1-3-5-6-11(13-7-4-2)12-10-14-8-9-15-12/h11-13H,4,6-10H2,1-2H3. The number of hydrogen-bond acceptors (Lipinski definition) is 3. The van der Waals surface area contributed by atoms with E-state index in [9.17, 15) is 0 Å². The van der Waals surface area contributed by atoms with E-state index in [1.54, 1.807) is 0 Å². The molecule has 0 radical (unpaired) electrons. The predicted molar refractivity (Wildman–Crippen MR) is 73.7 cm³/mol. The Labute approximate surface area is 103 Å². The van der Waals surface area contributed by atoms with E-state index in [1.807, 2.05) is 6.92 Å². The first kappa shape index (κ1) is 13.3. The van der Waals surface area contributed by atoms with Crippen molar-refractivity contribution in [2.75, 3.05) is 23.8 Å². The topological polar surface area (TPSA) is 12.0 Å². The third-order valence-electron chi connectivity index (χ3n) is 2.45. The molecule has 0 aromatic carbocycles. The van der Waals surface area contributed by atoms with Gasteiger partial charge in [-0.3, -0.25) is 0 Å². The molecule has 0 spiro atoms. The van der Waals surface area contributed by atoms with Gasteiger partial charge in [0.1, 0.15) is 0 Å². The highest BCUT2D eigenvalue weighted by molar-refractivity contribution is 8.06. The maximum Gasteiger partial charge on any atom is 0.0303 e. The van der Waals surface area contributed by atoms with Crippen LogP contribution in [-0.4, -0.2) is 35.1 Å². The molecule has 2 unspecified atom stereocenters. The summed E-state index contributed by atoms with van der Waals surface area (Å²) in [6, 6.07) is 0.593. The molecule has 1 N–H and O–H groups in total. The Morgan fingerprint density at radius 3 is 2.93 bits per heavy atom. The van der Waals surface area contributed by atoms with Crippen molar-refractivity contribution in [1.82, 2.24) is 5.32 Å². The average molecular weight is 243 g/mol. The number of nitrogens with one attached hydrogen (secondary N) is 1. The summed E-state index contributed by atoms with van der Waals surface area (Å²) in [7, 11) is 0. The van der Waals surface area contributed by atoms with Crippen molar-refractivity contribution in [3.8, 4) is 11.8 Å². The minimum absolute atomic E-state index is 0.593. The molecule has 0 aliphatic carbocycles. The van der Waals surface area contributed by atoms with Gasteiger partial charge >= 0.3 is 0 Å². The molecule has 0 saturated carbocycles. The van der Waals surface area contributed by atoms with Crippen LogP contribution in [0, 0.1) is 11.8 Å². The van der Waals surface area contributed by atoms with Gasteiger partial charge in [-0.05, 0) is 19.9 Å². The van der Waals surface area contributed by atoms with Gasteiger partial charge in [0.05, 0.1) is 0 Å². The maximum atomic E-state index is 3.64. The Hall–Kier alpha value is 0.220. The summed E-state index contributed by atoms with van der Waals surface area (Å²) >= 11 is 4.21. The predicted octanol–water partition coefficient (Wildman–Crippen LogP) is 2.62. The quantitative estimate of drug-likeness (QED) is 0.746. The molecule has 86 valence electrons. The largest absolute Gasteiger partial charge is 0.312 e. The van der Waals surface area contributed by atoms with Crippen LogP contribution in [0.2, 0.25) is 0 Å². The Morgan fingerprint density at radius 2 is 2.33 bits per heavy atom. The second-order valence-corrected chi connectivity index (χ2v) is 6.17. The Bertz CT molecular complexity index is 213. The lowest BCUT2D eigenvalue weighted by atomic mass is 10.1. The zero-order valence-electron chi connectivity index (χ0n) is 9.71. The van der Waals surface area contributed by atoms with Crippen LogP contribution in [0.4, 0.5) is 0 Å². The van der Waals surface area contributed by atoms with Gasteiger partial charge in [-0.2, -0.15) is 23.5 Å².